The van der Waals surface area contributed by atoms with Crippen molar-refractivity contribution >= 4 is 11.9 Å². The van der Waals surface area contributed by atoms with E-state index < -0.39 is 11.4 Å². The molecule has 2 atom stereocenters. The second kappa shape index (κ2) is 4.78. The van der Waals surface area contributed by atoms with Gasteiger partial charge in [0.05, 0.1) is 12.0 Å². The van der Waals surface area contributed by atoms with Crippen LogP contribution in [0.25, 0.3) is 0 Å². The lowest BCUT2D eigenvalue weighted by molar-refractivity contribution is -0.149. The van der Waals surface area contributed by atoms with E-state index in [0.29, 0.717) is 32.0 Å². The molecule has 1 amide bonds. The Morgan fingerprint density at radius 1 is 1.32 bits per heavy atom. The predicted molar refractivity (Wildman–Crippen MR) is 67.5 cm³/mol. The van der Waals surface area contributed by atoms with Crippen molar-refractivity contribution in [2.45, 2.75) is 32.1 Å². The first kappa shape index (κ1) is 12.9. The number of carbonyl (C=O) groups excluding carboxylic acids is 1. The van der Waals surface area contributed by atoms with E-state index in [1.807, 2.05) is 0 Å². The number of hydrogen-bond acceptors (Lipinski definition) is 3. The van der Waals surface area contributed by atoms with Crippen molar-refractivity contribution in [3.05, 3.63) is 0 Å². The third kappa shape index (κ3) is 2.36. The first-order chi connectivity index (χ1) is 9.12. The average molecular weight is 267 g/mol. The van der Waals surface area contributed by atoms with Crippen molar-refractivity contribution in [3.8, 4) is 0 Å². The standard InChI is InChI=1S/C14H21NO4/c16-12(8-19-7-10-3-4-10)15-6-11-2-1-5-14(11,9-15)13(17)18/h10-11H,1-9H2,(H,17,18)/t11-,14+/m0/s1. The lowest BCUT2D eigenvalue weighted by Crippen LogP contribution is -2.38. The van der Waals surface area contributed by atoms with Crippen LogP contribution in [0.15, 0.2) is 0 Å². The van der Waals surface area contributed by atoms with Gasteiger partial charge >= 0.3 is 5.97 Å². The number of carboxylic acid groups (broad SMARTS) is 1. The number of nitrogens with zero attached hydrogens (tertiary/aromatic N) is 1. The van der Waals surface area contributed by atoms with E-state index in [0.717, 1.165) is 12.8 Å². The van der Waals surface area contributed by atoms with E-state index >= 15 is 0 Å². The van der Waals surface area contributed by atoms with Crippen LogP contribution in [0.5, 0.6) is 0 Å². The number of aliphatic carboxylic acids is 1. The molecular weight excluding hydrogens is 246 g/mol. The molecule has 2 saturated carbocycles. The highest BCUT2D eigenvalue weighted by Crippen LogP contribution is 2.48. The Balaban J connectivity index is 1.55. The Bertz CT molecular complexity index is 393. The number of ether oxygens (including phenoxy) is 1. The summed E-state index contributed by atoms with van der Waals surface area (Å²) < 4.78 is 5.41. The maximum absolute atomic E-state index is 12.1. The Morgan fingerprint density at radius 3 is 2.74 bits per heavy atom. The van der Waals surface area contributed by atoms with Crippen molar-refractivity contribution in [3.63, 3.8) is 0 Å². The quantitative estimate of drug-likeness (QED) is 0.810. The fraction of sp³-hybridized carbons (Fsp3) is 0.857. The van der Waals surface area contributed by atoms with Crippen molar-refractivity contribution in [1.82, 2.24) is 4.90 Å². The SMILES string of the molecule is O=C(COCC1CC1)N1C[C@@H]2CCC[C@@]2(C(=O)O)C1. The minimum Gasteiger partial charge on any atom is -0.481 e. The molecule has 3 fully saturated rings. The monoisotopic (exact) mass is 267 g/mol. The largest absolute Gasteiger partial charge is 0.481 e. The van der Waals surface area contributed by atoms with Gasteiger partial charge in [-0.1, -0.05) is 6.42 Å². The number of fused-ring (bicyclic) bond motifs is 1. The van der Waals surface area contributed by atoms with Gasteiger partial charge in [-0.3, -0.25) is 9.59 Å². The Kier molecular flexibility index (Phi) is 3.25. The fourth-order valence-electron chi connectivity index (χ4n) is 3.52. The summed E-state index contributed by atoms with van der Waals surface area (Å²) in [6, 6.07) is 0. The first-order valence-electron chi connectivity index (χ1n) is 7.21. The third-order valence-electron chi connectivity index (χ3n) is 4.93. The van der Waals surface area contributed by atoms with E-state index in [-0.39, 0.29) is 18.4 Å². The second-order valence-electron chi connectivity index (χ2n) is 6.28. The summed E-state index contributed by atoms with van der Waals surface area (Å²) >= 11 is 0. The molecule has 5 heteroatoms. The molecule has 1 saturated heterocycles. The van der Waals surface area contributed by atoms with Crippen LogP contribution in [0.4, 0.5) is 0 Å². The lowest BCUT2D eigenvalue weighted by Gasteiger charge is -2.23. The maximum Gasteiger partial charge on any atom is 0.311 e. The highest BCUT2D eigenvalue weighted by Gasteiger charge is 2.55. The topological polar surface area (TPSA) is 66.8 Å². The molecule has 0 aromatic carbocycles. The molecule has 106 valence electrons. The molecule has 0 bridgehead atoms. The number of likely N-dealkylation sites (tertiary alicyclic amines) is 1. The van der Waals surface area contributed by atoms with Crippen LogP contribution < -0.4 is 0 Å². The molecule has 0 aromatic heterocycles. The third-order valence-corrected chi connectivity index (χ3v) is 4.93. The molecule has 19 heavy (non-hydrogen) atoms. The van der Waals surface area contributed by atoms with Crippen LogP contribution >= 0.6 is 0 Å². The van der Waals surface area contributed by atoms with Crippen molar-refractivity contribution in [2.24, 2.45) is 17.3 Å². The molecular formula is C14H21NO4. The maximum atomic E-state index is 12.1. The number of hydrogen-bond donors (Lipinski definition) is 1. The zero-order valence-electron chi connectivity index (χ0n) is 11.1. The van der Waals surface area contributed by atoms with Gasteiger partial charge in [0.1, 0.15) is 6.61 Å². The Morgan fingerprint density at radius 2 is 2.11 bits per heavy atom. The fourth-order valence-corrected chi connectivity index (χ4v) is 3.52. The molecule has 0 aromatic rings. The van der Waals surface area contributed by atoms with Crippen LogP contribution in [0, 0.1) is 17.3 Å². The van der Waals surface area contributed by atoms with Gasteiger partial charge in [-0.25, -0.2) is 0 Å². The van der Waals surface area contributed by atoms with Crippen LogP contribution in [-0.4, -0.2) is 48.2 Å². The number of rotatable bonds is 5. The summed E-state index contributed by atoms with van der Waals surface area (Å²) in [6.45, 7) is 1.75. The van der Waals surface area contributed by atoms with Gasteiger partial charge in [-0.15, -0.1) is 0 Å². The molecule has 1 N–H and O–H groups in total. The molecule has 0 spiro atoms. The normalized spacial score (nSPS) is 33.5. The average Bonchev–Trinajstić information content (AvgIpc) is 2.97. The van der Waals surface area contributed by atoms with Gasteiger partial charge < -0.3 is 14.7 Å². The van der Waals surface area contributed by atoms with Crippen molar-refractivity contribution in [2.75, 3.05) is 26.3 Å². The zero-order chi connectivity index (χ0) is 13.5. The molecule has 5 nitrogen and oxygen atoms in total. The molecule has 3 aliphatic rings. The summed E-state index contributed by atoms with van der Waals surface area (Å²) in [4.78, 5) is 25.3. The summed E-state index contributed by atoms with van der Waals surface area (Å²) in [6.07, 6.45) is 5.03. The van der Waals surface area contributed by atoms with Crippen LogP contribution in [0.1, 0.15) is 32.1 Å². The van der Waals surface area contributed by atoms with Gasteiger partial charge in [-0.2, -0.15) is 0 Å². The van der Waals surface area contributed by atoms with E-state index in [4.69, 9.17) is 4.74 Å². The van der Waals surface area contributed by atoms with Crippen molar-refractivity contribution in [1.29, 1.82) is 0 Å². The number of amides is 1. The van der Waals surface area contributed by atoms with Gasteiger partial charge in [0.15, 0.2) is 0 Å². The Hall–Kier alpha value is -1.10. The first-order valence-corrected chi connectivity index (χ1v) is 7.21. The molecule has 2 aliphatic carbocycles. The summed E-state index contributed by atoms with van der Waals surface area (Å²) in [5.74, 6) is 0.00776. The van der Waals surface area contributed by atoms with Gasteiger partial charge in [0.2, 0.25) is 5.91 Å². The molecule has 0 unspecified atom stereocenters. The van der Waals surface area contributed by atoms with E-state index in [2.05, 4.69) is 0 Å². The van der Waals surface area contributed by atoms with Crippen LogP contribution in [0.2, 0.25) is 0 Å². The zero-order valence-corrected chi connectivity index (χ0v) is 11.1. The van der Waals surface area contributed by atoms with Gasteiger partial charge in [0, 0.05) is 13.1 Å². The van der Waals surface area contributed by atoms with Gasteiger partial charge in [-0.05, 0) is 37.5 Å². The van der Waals surface area contributed by atoms with Crippen LogP contribution in [0.3, 0.4) is 0 Å². The van der Waals surface area contributed by atoms with E-state index in [1.54, 1.807) is 4.90 Å². The molecule has 3 rings (SSSR count). The van der Waals surface area contributed by atoms with E-state index in [9.17, 15) is 14.7 Å². The minimum atomic E-state index is -0.732. The predicted octanol–water partition coefficient (Wildman–Crippen LogP) is 1.13. The minimum absolute atomic E-state index is 0.0457. The number of carbonyl (C=O) groups is 2. The Labute approximate surface area is 112 Å². The van der Waals surface area contributed by atoms with Crippen molar-refractivity contribution < 1.29 is 19.4 Å². The highest BCUT2D eigenvalue weighted by molar-refractivity contribution is 5.82. The molecule has 1 aliphatic heterocycles. The smallest absolute Gasteiger partial charge is 0.311 e. The molecule has 1 heterocycles. The highest BCUT2D eigenvalue weighted by atomic mass is 16.5. The summed E-state index contributed by atoms with van der Waals surface area (Å²) in [5, 5.41) is 9.46. The summed E-state index contributed by atoms with van der Waals surface area (Å²) in [5.41, 5.74) is -0.674. The van der Waals surface area contributed by atoms with Crippen LogP contribution in [-0.2, 0) is 14.3 Å². The summed E-state index contributed by atoms with van der Waals surface area (Å²) in [7, 11) is 0. The van der Waals surface area contributed by atoms with Gasteiger partial charge in [0.25, 0.3) is 0 Å². The molecule has 0 radical (unpaired) electrons. The second-order valence-corrected chi connectivity index (χ2v) is 6.28. The lowest BCUT2D eigenvalue weighted by atomic mass is 9.81. The van der Waals surface area contributed by atoms with E-state index in [1.165, 1.54) is 12.8 Å². The number of carboxylic acids is 1.